The summed E-state index contributed by atoms with van der Waals surface area (Å²) in [7, 11) is 3.30. The number of nitrogens with zero attached hydrogens (tertiary/aromatic N) is 1. The second-order valence-corrected chi connectivity index (χ2v) is 5.33. The van der Waals surface area contributed by atoms with Crippen LogP contribution in [0, 0.1) is 0 Å². The molecule has 4 heteroatoms. The maximum Gasteiger partial charge on any atom is 0.168 e. The van der Waals surface area contributed by atoms with Gasteiger partial charge >= 0.3 is 0 Å². The van der Waals surface area contributed by atoms with E-state index in [2.05, 4.69) is 23.2 Å². The van der Waals surface area contributed by atoms with Gasteiger partial charge in [-0.25, -0.2) is 0 Å². The molecule has 0 bridgehead atoms. The molecule has 2 aromatic carbocycles. The Morgan fingerprint density at radius 3 is 2.61 bits per heavy atom. The van der Waals surface area contributed by atoms with Crippen molar-refractivity contribution in [2.75, 3.05) is 20.8 Å². The number of ether oxygens (including phenoxy) is 2. The van der Waals surface area contributed by atoms with Crippen LogP contribution >= 0.6 is 0 Å². The van der Waals surface area contributed by atoms with E-state index in [9.17, 15) is 0 Å². The monoisotopic (exact) mass is 308 g/mol. The number of nitrogens with two attached hydrogens (primary N) is 1. The number of benzene rings is 2. The first-order valence-electron chi connectivity index (χ1n) is 7.57. The molecular weight excluding hydrogens is 288 g/mol. The van der Waals surface area contributed by atoms with Gasteiger partial charge in [0, 0.05) is 22.7 Å². The van der Waals surface area contributed by atoms with Crippen molar-refractivity contribution in [1.29, 1.82) is 0 Å². The first-order valence-corrected chi connectivity index (χ1v) is 7.57. The van der Waals surface area contributed by atoms with Crippen LogP contribution in [0.3, 0.4) is 0 Å². The third kappa shape index (κ3) is 2.98. The maximum atomic E-state index is 5.70. The van der Waals surface area contributed by atoms with Crippen molar-refractivity contribution in [2.24, 2.45) is 5.73 Å². The van der Waals surface area contributed by atoms with Crippen LogP contribution < -0.4 is 15.2 Å². The summed E-state index contributed by atoms with van der Waals surface area (Å²) in [4.78, 5) is 4.54. The van der Waals surface area contributed by atoms with Crippen LogP contribution in [-0.2, 0) is 6.42 Å². The lowest BCUT2D eigenvalue weighted by Crippen LogP contribution is -2.04. The molecule has 1 aromatic heterocycles. The SMILES string of the molecule is COc1cc(CCN)cc(-c2cnc3ccccc3c2)c1OC. The highest BCUT2D eigenvalue weighted by atomic mass is 16.5. The first-order chi connectivity index (χ1) is 11.3. The molecule has 0 atom stereocenters. The maximum absolute atomic E-state index is 5.70. The molecule has 0 amide bonds. The fourth-order valence-electron chi connectivity index (χ4n) is 2.77. The zero-order valence-electron chi connectivity index (χ0n) is 13.4. The number of rotatable bonds is 5. The van der Waals surface area contributed by atoms with E-state index in [1.165, 1.54) is 0 Å². The average Bonchev–Trinajstić information content (AvgIpc) is 2.60. The minimum atomic E-state index is 0.588. The normalized spacial score (nSPS) is 10.7. The van der Waals surface area contributed by atoms with Gasteiger partial charge in [-0.2, -0.15) is 0 Å². The number of fused-ring (bicyclic) bond motifs is 1. The van der Waals surface area contributed by atoms with E-state index < -0.39 is 0 Å². The number of aromatic nitrogens is 1. The topological polar surface area (TPSA) is 57.4 Å². The Hall–Kier alpha value is -2.59. The quantitative estimate of drug-likeness (QED) is 0.784. The lowest BCUT2D eigenvalue weighted by atomic mass is 9.99. The molecule has 23 heavy (non-hydrogen) atoms. The molecule has 3 aromatic rings. The van der Waals surface area contributed by atoms with E-state index in [-0.39, 0.29) is 0 Å². The average molecular weight is 308 g/mol. The molecule has 0 fully saturated rings. The third-order valence-electron chi connectivity index (χ3n) is 3.87. The van der Waals surface area contributed by atoms with Crippen LogP contribution in [0.15, 0.2) is 48.7 Å². The molecular formula is C19H20N2O2. The smallest absolute Gasteiger partial charge is 0.168 e. The lowest BCUT2D eigenvalue weighted by Gasteiger charge is -2.15. The van der Waals surface area contributed by atoms with Crippen LogP contribution in [0.5, 0.6) is 11.5 Å². The summed E-state index contributed by atoms with van der Waals surface area (Å²) in [6, 6.07) is 14.2. The van der Waals surface area contributed by atoms with Gasteiger partial charge in [-0.05, 0) is 42.8 Å². The molecule has 0 radical (unpaired) electrons. The Bertz CT molecular complexity index is 831. The van der Waals surface area contributed by atoms with Crippen molar-refractivity contribution in [3.63, 3.8) is 0 Å². The molecule has 0 saturated heterocycles. The van der Waals surface area contributed by atoms with Crippen LogP contribution in [0.25, 0.3) is 22.0 Å². The highest BCUT2D eigenvalue weighted by Gasteiger charge is 2.14. The number of methoxy groups -OCH3 is 2. The molecule has 1 heterocycles. The minimum Gasteiger partial charge on any atom is -0.493 e. The molecule has 0 aliphatic carbocycles. The lowest BCUT2D eigenvalue weighted by molar-refractivity contribution is 0.355. The van der Waals surface area contributed by atoms with Gasteiger partial charge in [0.05, 0.1) is 19.7 Å². The van der Waals surface area contributed by atoms with Gasteiger partial charge in [0.1, 0.15) is 0 Å². The van der Waals surface area contributed by atoms with Gasteiger partial charge in [0.2, 0.25) is 0 Å². The van der Waals surface area contributed by atoms with Crippen molar-refractivity contribution in [3.05, 3.63) is 54.2 Å². The van der Waals surface area contributed by atoms with Crippen molar-refractivity contribution in [3.8, 4) is 22.6 Å². The molecule has 2 N–H and O–H groups in total. The minimum absolute atomic E-state index is 0.588. The predicted molar refractivity (Wildman–Crippen MR) is 93.0 cm³/mol. The molecule has 0 aliphatic rings. The van der Waals surface area contributed by atoms with Gasteiger partial charge in [-0.3, -0.25) is 4.98 Å². The molecule has 118 valence electrons. The van der Waals surface area contributed by atoms with E-state index >= 15 is 0 Å². The van der Waals surface area contributed by atoms with E-state index in [1.807, 2.05) is 30.5 Å². The van der Waals surface area contributed by atoms with Crippen LogP contribution in [0.2, 0.25) is 0 Å². The number of para-hydroxylation sites is 1. The highest BCUT2D eigenvalue weighted by Crippen LogP contribution is 2.39. The molecule has 4 nitrogen and oxygen atoms in total. The number of hydrogen-bond acceptors (Lipinski definition) is 4. The van der Waals surface area contributed by atoms with E-state index in [0.29, 0.717) is 18.0 Å². The molecule has 0 spiro atoms. The van der Waals surface area contributed by atoms with E-state index in [1.54, 1.807) is 14.2 Å². The van der Waals surface area contributed by atoms with Gasteiger partial charge < -0.3 is 15.2 Å². The summed E-state index contributed by atoms with van der Waals surface area (Å²) < 4.78 is 11.1. The summed E-state index contributed by atoms with van der Waals surface area (Å²) >= 11 is 0. The van der Waals surface area contributed by atoms with Gasteiger partial charge in [-0.1, -0.05) is 18.2 Å². The largest absolute Gasteiger partial charge is 0.493 e. The zero-order valence-corrected chi connectivity index (χ0v) is 13.4. The Morgan fingerprint density at radius 2 is 1.87 bits per heavy atom. The summed E-state index contributed by atoms with van der Waals surface area (Å²) in [6.07, 6.45) is 2.65. The van der Waals surface area contributed by atoms with E-state index in [0.717, 1.165) is 34.0 Å². The Labute approximate surface area is 135 Å². The fraction of sp³-hybridized carbons (Fsp3) is 0.211. The standard InChI is InChI=1S/C19H20N2O2/c1-22-18-10-13(7-8-20)9-16(19(18)23-2)15-11-14-5-3-4-6-17(14)21-12-15/h3-6,9-12H,7-8,20H2,1-2H3. The Balaban J connectivity index is 2.20. The van der Waals surface area contributed by atoms with Gasteiger partial charge in [0.25, 0.3) is 0 Å². The summed E-state index contributed by atoms with van der Waals surface area (Å²) in [5.74, 6) is 1.42. The van der Waals surface area contributed by atoms with Crippen molar-refractivity contribution in [2.45, 2.75) is 6.42 Å². The third-order valence-corrected chi connectivity index (χ3v) is 3.87. The molecule has 0 saturated carbocycles. The van der Waals surface area contributed by atoms with E-state index in [4.69, 9.17) is 15.2 Å². The highest BCUT2D eigenvalue weighted by molar-refractivity contribution is 5.85. The summed E-state index contributed by atoms with van der Waals surface area (Å²) in [5.41, 5.74) is 9.76. The van der Waals surface area contributed by atoms with Crippen molar-refractivity contribution < 1.29 is 9.47 Å². The Kier molecular flexibility index (Phi) is 4.44. The molecule has 0 unspecified atom stereocenters. The zero-order chi connectivity index (χ0) is 16.2. The molecule has 0 aliphatic heterocycles. The fourth-order valence-corrected chi connectivity index (χ4v) is 2.77. The molecule has 3 rings (SSSR count). The summed E-state index contributed by atoms with van der Waals surface area (Å²) in [6.45, 7) is 0.588. The predicted octanol–water partition coefficient (Wildman–Crippen LogP) is 3.42. The van der Waals surface area contributed by atoms with Crippen molar-refractivity contribution in [1.82, 2.24) is 4.98 Å². The van der Waals surface area contributed by atoms with Crippen LogP contribution in [-0.4, -0.2) is 25.7 Å². The van der Waals surface area contributed by atoms with Gasteiger partial charge in [0.15, 0.2) is 11.5 Å². The summed E-state index contributed by atoms with van der Waals surface area (Å²) in [5, 5.41) is 1.09. The number of hydrogen-bond donors (Lipinski definition) is 1. The van der Waals surface area contributed by atoms with Crippen molar-refractivity contribution >= 4 is 10.9 Å². The second kappa shape index (κ2) is 6.67. The first kappa shape index (κ1) is 15.3. The second-order valence-electron chi connectivity index (χ2n) is 5.33. The van der Waals surface area contributed by atoms with Gasteiger partial charge in [-0.15, -0.1) is 0 Å². The Morgan fingerprint density at radius 1 is 1.04 bits per heavy atom. The van der Waals surface area contributed by atoms with Crippen LogP contribution in [0.1, 0.15) is 5.56 Å². The van der Waals surface area contributed by atoms with Crippen LogP contribution in [0.4, 0.5) is 0 Å². The number of pyridine rings is 1.